The standard InChI is InChI=1S/C11H20N2O5/c1-18-6-5-12(7-10(15)16)11(17)13-4-2-3-9(13)8-14/h9,14H,2-8H2,1H3,(H,15,16). The van der Waals surface area contributed by atoms with Gasteiger partial charge in [0.2, 0.25) is 0 Å². The normalized spacial score (nSPS) is 19.0. The first-order chi connectivity index (χ1) is 8.60. The third kappa shape index (κ3) is 3.85. The highest BCUT2D eigenvalue weighted by atomic mass is 16.5. The number of ether oxygens (including phenoxy) is 1. The average molecular weight is 260 g/mol. The van der Waals surface area contributed by atoms with Gasteiger partial charge in [-0.25, -0.2) is 4.79 Å². The van der Waals surface area contributed by atoms with Gasteiger partial charge in [-0.2, -0.15) is 0 Å². The fourth-order valence-electron chi connectivity index (χ4n) is 2.07. The van der Waals surface area contributed by atoms with Crippen LogP contribution in [0, 0.1) is 0 Å². The fourth-order valence-corrected chi connectivity index (χ4v) is 2.07. The van der Waals surface area contributed by atoms with Gasteiger partial charge in [-0.15, -0.1) is 0 Å². The molecule has 1 atom stereocenters. The Balaban J connectivity index is 2.64. The summed E-state index contributed by atoms with van der Waals surface area (Å²) in [5.41, 5.74) is 0. The van der Waals surface area contributed by atoms with Gasteiger partial charge in [0.15, 0.2) is 0 Å². The number of urea groups is 1. The molecule has 0 radical (unpaired) electrons. The summed E-state index contributed by atoms with van der Waals surface area (Å²) >= 11 is 0. The molecular formula is C11H20N2O5. The van der Waals surface area contributed by atoms with Crippen LogP contribution < -0.4 is 0 Å². The number of carboxylic acid groups (broad SMARTS) is 1. The highest BCUT2D eigenvalue weighted by Gasteiger charge is 2.31. The lowest BCUT2D eigenvalue weighted by atomic mass is 10.2. The summed E-state index contributed by atoms with van der Waals surface area (Å²) in [7, 11) is 1.50. The summed E-state index contributed by atoms with van der Waals surface area (Å²) in [5, 5.41) is 18.0. The van der Waals surface area contributed by atoms with Crippen LogP contribution in [-0.4, -0.2) is 78.0 Å². The van der Waals surface area contributed by atoms with E-state index in [1.165, 1.54) is 12.0 Å². The Hall–Kier alpha value is -1.34. The Morgan fingerprint density at radius 3 is 2.78 bits per heavy atom. The van der Waals surface area contributed by atoms with Crippen molar-refractivity contribution in [2.45, 2.75) is 18.9 Å². The fraction of sp³-hybridized carbons (Fsp3) is 0.818. The van der Waals surface area contributed by atoms with Gasteiger partial charge in [-0.1, -0.05) is 0 Å². The first kappa shape index (κ1) is 14.7. The minimum atomic E-state index is -1.06. The highest BCUT2D eigenvalue weighted by molar-refractivity contribution is 5.80. The monoisotopic (exact) mass is 260 g/mol. The zero-order chi connectivity index (χ0) is 13.5. The van der Waals surface area contributed by atoms with E-state index in [0.29, 0.717) is 6.54 Å². The molecule has 0 spiro atoms. The van der Waals surface area contributed by atoms with Gasteiger partial charge in [0, 0.05) is 20.2 Å². The molecule has 0 aliphatic carbocycles. The minimum Gasteiger partial charge on any atom is -0.480 e. The Bertz CT molecular complexity index is 297. The maximum absolute atomic E-state index is 12.2. The topological polar surface area (TPSA) is 90.3 Å². The number of rotatable bonds is 6. The SMILES string of the molecule is COCCN(CC(=O)O)C(=O)N1CCCC1CO. The van der Waals surface area contributed by atoms with E-state index in [9.17, 15) is 14.7 Å². The molecule has 2 N–H and O–H groups in total. The van der Waals surface area contributed by atoms with Gasteiger partial charge in [-0.3, -0.25) is 4.79 Å². The summed E-state index contributed by atoms with van der Waals surface area (Å²) in [6.45, 7) is 0.647. The number of amides is 2. The summed E-state index contributed by atoms with van der Waals surface area (Å²) in [6, 6.07) is -0.540. The predicted octanol–water partition coefficient (Wildman–Crippen LogP) is -0.404. The average Bonchev–Trinajstić information content (AvgIpc) is 2.81. The molecule has 1 rings (SSSR count). The third-order valence-electron chi connectivity index (χ3n) is 3.00. The van der Waals surface area contributed by atoms with Crippen molar-refractivity contribution >= 4 is 12.0 Å². The van der Waals surface area contributed by atoms with Crippen molar-refractivity contribution in [3.8, 4) is 0 Å². The van der Waals surface area contributed by atoms with Crippen LogP contribution in [0.5, 0.6) is 0 Å². The molecule has 1 saturated heterocycles. The van der Waals surface area contributed by atoms with Crippen molar-refractivity contribution in [3.63, 3.8) is 0 Å². The zero-order valence-corrected chi connectivity index (χ0v) is 10.5. The number of carbonyl (C=O) groups is 2. The Labute approximate surface area is 106 Å². The Kier molecular flexibility index (Phi) is 5.87. The number of aliphatic hydroxyl groups is 1. The number of carbonyl (C=O) groups excluding carboxylic acids is 1. The van der Waals surface area contributed by atoms with Crippen molar-refractivity contribution in [3.05, 3.63) is 0 Å². The van der Waals surface area contributed by atoms with E-state index in [1.54, 1.807) is 4.90 Å². The Morgan fingerprint density at radius 2 is 2.22 bits per heavy atom. The van der Waals surface area contributed by atoms with Crippen molar-refractivity contribution in [1.82, 2.24) is 9.80 Å². The van der Waals surface area contributed by atoms with Crippen molar-refractivity contribution in [2.75, 3.05) is 40.0 Å². The first-order valence-electron chi connectivity index (χ1n) is 5.97. The van der Waals surface area contributed by atoms with Crippen molar-refractivity contribution < 1.29 is 24.5 Å². The van der Waals surface area contributed by atoms with E-state index >= 15 is 0 Å². The second-order valence-electron chi connectivity index (χ2n) is 4.26. The van der Waals surface area contributed by atoms with Gasteiger partial charge in [0.05, 0.1) is 19.3 Å². The molecule has 7 nitrogen and oxygen atoms in total. The van der Waals surface area contributed by atoms with E-state index < -0.39 is 5.97 Å². The molecule has 0 aromatic heterocycles. The number of aliphatic carboxylic acids is 1. The minimum absolute atomic E-state index is 0.0864. The number of aliphatic hydroxyl groups excluding tert-OH is 1. The van der Waals surface area contributed by atoms with Crippen LogP contribution in [0.15, 0.2) is 0 Å². The van der Waals surface area contributed by atoms with E-state index in [-0.39, 0.29) is 38.4 Å². The molecule has 18 heavy (non-hydrogen) atoms. The molecule has 1 fully saturated rings. The quantitative estimate of drug-likeness (QED) is 0.678. The van der Waals surface area contributed by atoms with Gasteiger partial charge < -0.3 is 24.7 Å². The largest absolute Gasteiger partial charge is 0.480 e. The summed E-state index contributed by atoms with van der Waals surface area (Å²) in [4.78, 5) is 25.7. The van der Waals surface area contributed by atoms with Crippen molar-refractivity contribution in [1.29, 1.82) is 0 Å². The van der Waals surface area contributed by atoms with E-state index in [1.807, 2.05) is 0 Å². The number of hydrogen-bond acceptors (Lipinski definition) is 4. The molecule has 0 bridgehead atoms. The second-order valence-corrected chi connectivity index (χ2v) is 4.26. The number of methoxy groups -OCH3 is 1. The lowest BCUT2D eigenvalue weighted by molar-refractivity contribution is -0.137. The van der Waals surface area contributed by atoms with Crippen molar-refractivity contribution in [2.24, 2.45) is 0 Å². The molecule has 7 heteroatoms. The predicted molar refractivity (Wildman–Crippen MR) is 63.3 cm³/mol. The van der Waals surface area contributed by atoms with E-state index in [4.69, 9.17) is 9.84 Å². The Morgan fingerprint density at radius 1 is 1.50 bits per heavy atom. The molecule has 1 aliphatic heterocycles. The summed E-state index contributed by atoms with van der Waals surface area (Å²) in [6.07, 6.45) is 1.59. The van der Waals surface area contributed by atoms with Gasteiger partial charge in [-0.05, 0) is 12.8 Å². The van der Waals surface area contributed by atoms with E-state index in [2.05, 4.69) is 0 Å². The van der Waals surface area contributed by atoms with E-state index in [0.717, 1.165) is 12.8 Å². The van der Waals surface area contributed by atoms with Gasteiger partial charge >= 0.3 is 12.0 Å². The molecule has 1 aliphatic rings. The molecule has 0 saturated carbocycles. The maximum Gasteiger partial charge on any atom is 0.323 e. The molecule has 1 unspecified atom stereocenters. The maximum atomic E-state index is 12.2. The van der Waals surface area contributed by atoms with Crippen LogP contribution in [-0.2, 0) is 9.53 Å². The van der Waals surface area contributed by atoms with Gasteiger partial charge in [0.1, 0.15) is 6.54 Å². The van der Waals surface area contributed by atoms with Crippen LogP contribution in [0.2, 0.25) is 0 Å². The summed E-state index contributed by atoms with van der Waals surface area (Å²) < 4.78 is 4.87. The zero-order valence-electron chi connectivity index (χ0n) is 10.5. The molecule has 2 amide bonds. The molecule has 1 heterocycles. The lowest BCUT2D eigenvalue weighted by Gasteiger charge is -2.30. The molecular weight excluding hydrogens is 240 g/mol. The molecule has 104 valence electrons. The van der Waals surface area contributed by atoms with Crippen LogP contribution in [0.25, 0.3) is 0 Å². The first-order valence-corrected chi connectivity index (χ1v) is 5.97. The second kappa shape index (κ2) is 7.17. The number of nitrogens with zero attached hydrogens (tertiary/aromatic N) is 2. The summed E-state index contributed by atoms with van der Waals surface area (Å²) in [5.74, 6) is -1.06. The molecule has 0 aromatic carbocycles. The van der Waals surface area contributed by atoms with Crippen LogP contribution >= 0.6 is 0 Å². The third-order valence-corrected chi connectivity index (χ3v) is 3.00. The number of carboxylic acids is 1. The van der Waals surface area contributed by atoms with Crippen LogP contribution in [0.1, 0.15) is 12.8 Å². The highest BCUT2D eigenvalue weighted by Crippen LogP contribution is 2.18. The van der Waals surface area contributed by atoms with Gasteiger partial charge in [0.25, 0.3) is 0 Å². The van der Waals surface area contributed by atoms with Crippen LogP contribution in [0.4, 0.5) is 4.79 Å². The lowest BCUT2D eigenvalue weighted by Crippen LogP contribution is -2.49. The number of likely N-dealkylation sites (tertiary alicyclic amines) is 1. The smallest absolute Gasteiger partial charge is 0.323 e. The van der Waals surface area contributed by atoms with Crippen LogP contribution in [0.3, 0.4) is 0 Å². The molecule has 0 aromatic rings. The number of hydrogen-bond donors (Lipinski definition) is 2.